The van der Waals surface area contributed by atoms with E-state index in [9.17, 15) is 0 Å². The van der Waals surface area contributed by atoms with E-state index in [0.29, 0.717) is 11.8 Å². The lowest BCUT2D eigenvalue weighted by Gasteiger charge is -2.50. The van der Waals surface area contributed by atoms with Crippen molar-refractivity contribution in [2.24, 2.45) is 11.7 Å². The molecular weight excluding hydrogens is 246 g/mol. The van der Waals surface area contributed by atoms with E-state index >= 15 is 0 Å². The smallest absolute Gasteiger partial charge is 0.119 e. The molecule has 20 heavy (non-hydrogen) atoms. The largest absolute Gasteiger partial charge is 0.497 e. The van der Waals surface area contributed by atoms with Crippen LogP contribution < -0.4 is 10.5 Å². The van der Waals surface area contributed by atoms with Crippen LogP contribution in [0.3, 0.4) is 0 Å². The summed E-state index contributed by atoms with van der Waals surface area (Å²) in [5.41, 5.74) is 9.80. The molecule has 2 aliphatic rings. The van der Waals surface area contributed by atoms with Crippen LogP contribution in [0.2, 0.25) is 0 Å². The highest BCUT2D eigenvalue weighted by molar-refractivity contribution is 5.46. The Kier molecular flexibility index (Phi) is 3.53. The Balaban J connectivity index is 2.15. The van der Waals surface area contributed by atoms with Crippen molar-refractivity contribution in [2.75, 3.05) is 7.11 Å². The van der Waals surface area contributed by atoms with Crippen molar-refractivity contribution in [3.8, 4) is 5.75 Å². The Hall–Kier alpha value is -1.02. The quantitative estimate of drug-likeness (QED) is 0.840. The monoisotopic (exact) mass is 273 g/mol. The van der Waals surface area contributed by atoms with Crippen molar-refractivity contribution in [1.29, 1.82) is 0 Å². The standard InChI is InChI=1S/C18H27NO/c1-12-14-9-8-13(20-3)11-16(14)18(2)10-6-4-5-7-15(12)17(18)19/h8-9,11-12,15,17H,4-7,10,19H2,1-3H3/t12?,15?,17-,18-/m0/s1. The van der Waals surface area contributed by atoms with Crippen molar-refractivity contribution in [1.82, 2.24) is 0 Å². The zero-order valence-corrected chi connectivity index (χ0v) is 13.0. The Morgan fingerprint density at radius 2 is 2.05 bits per heavy atom. The van der Waals surface area contributed by atoms with Gasteiger partial charge in [-0.05, 0) is 47.9 Å². The van der Waals surface area contributed by atoms with E-state index in [1.54, 1.807) is 7.11 Å². The first-order chi connectivity index (χ1) is 9.58. The van der Waals surface area contributed by atoms with Crippen LogP contribution in [0.4, 0.5) is 0 Å². The number of hydrogen-bond acceptors (Lipinski definition) is 2. The van der Waals surface area contributed by atoms with Gasteiger partial charge in [0.05, 0.1) is 7.11 Å². The molecule has 2 aliphatic carbocycles. The molecule has 0 radical (unpaired) electrons. The molecule has 0 saturated heterocycles. The molecule has 0 aromatic heterocycles. The van der Waals surface area contributed by atoms with Crippen molar-refractivity contribution < 1.29 is 4.74 Å². The van der Waals surface area contributed by atoms with Crippen molar-refractivity contribution in [2.45, 2.75) is 63.3 Å². The number of nitrogens with two attached hydrogens (primary N) is 1. The highest BCUT2D eigenvalue weighted by atomic mass is 16.5. The highest BCUT2D eigenvalue weighted by Gasteiger charge is 2.46. The molecule has 1 fully saturated rings. The van der Waals surface area contributed by atoms with Gasteiger partial charge in [-0.25, -0.2) is 0 Å². The molecule has 2 unspecified atom stereocenters. The molecule has 0 heterocycles. The third kappa shape index (κ3) is 1.96. The molecule has 0 spiro atoms. The fourth-order valence-corrected chi connectivity index (χ4v) is 4.53. The van der Waals surface area contributed by atoms with Crippen LogP contribution >= 0.6 is 0 Å². The summed E-state index contributed by atoms with van der Waals surface area (Å²) in [5, 5.41) is 0. The molecule has 110 valence electrons. The first kappa shape index (κ1) is 13.9. The zero-order chi connectivity index (χ0) is 14.3. The van der Waals surface area contributed by atoms with Gasteiger partial charge in [-0.3, -0.25) is 0 Å². The van der Waals surface area contributed by atoms with E-state index < -0.39 is 0 Å². The summed E-state index contributed by atoms with van der Waals surface area (Å²) >= 11 is 0. The number of hydrogen-bond donors (Lipinski definition) is 1. The zero-order valence-electron chi connectivity index (χ0n) is 13.0. The van der Waals surface area contributed by atoms with Crippen molar-refractivity contribution in [3.63, 3.8) is 0 Å². The first-order valence-electron chi connectivity index (χ1n) is 8.02. The lowest BCUT2D eigenvalue weighted by atomic mass is 9.57. The minimum Gasteiger partial charge on any atom is -0.497 e. The molecule has 3 rings (SSSR count). The molecule has 4 atom stereocenters. The Morgan fingerprint density at radius 3 is 2.80 bits per heavy atom. The van der Waals surface area contributed by atoms with E-state index in [4.69, 9.17) is 10.5 Å². The minimum atomic E-state index is 0.113. The maximum absolute atomic E-state index is 6.74. The van der Waals surface area contributed by atoms with Crippen molar-refractivity contribution in [3.05, 3.63) is 29.3 Å². The average Bonchev–Trinajstić information content (AvgIpc) is 2.46. The van der Waals surface area contributed by atoms with Gasteiger partial charge in [-0.1, -0.05) is 39.2 Å². The van der Waals surface area contributed by atoms with Crippen LogP contribution in [0, 0.1) is 5.92 Å². The maximum Gasteiger partial charge on any atom is 0.119 e. The summed E-state index contributed by atoms with van der Waals surface area (Å²) in [7, 11) is 1.75. The second kappa shape index (κ2) is 5.07. The molecule has 2 bridgehead atoms. The summed E-state index contributed by atoms with van der Waals surface area (Å²) in [6, 6.07) is 6.90. The van der Waals surface area contributed by atoms with E-state index in [0.717, 1.165) is 5.75 Å². The Labute approximate surface area is 122 Å². The van der Waals surface area contributed by atoms with Gasteiger partial charge in [0.15, 0.2) is 0 Å². The van der Waals surface area contributed by atoms with Crippen LogP contribution in [0.5, 0.6) is 5.75 Å². The molecule has 2 nitrogen and oxygen atoms in total. The first-order valence-corrected chi connectivity index (χ1v) is 8.02. The van der Waals surface area contributed by atoms with Gasteiger partial charge in [0, 0.05) is 11.5 Å². The predicted octanol–water partition coefficient (Wildman–Crippen LogP) is 3.98. The summed E-state index contributed by atoms with van der Waals surface area (Å²) in [4.78, 5) is 0. The predicted molar refractivity (Wildman–Crippen MR) is 83.3 cm³/mol. The van der Waals surface area contributed by atoms with E-state index in [1.807, 2.05) is 0 Å². The van der Waals surface area contributed by atoms with Gasteiger partial charge < -0.3 is 10.5 Å². The van der Waals surface area contributed by atoms with Crippen LogP contribution in [-0.2, 0) is 5.41 Å². The SMILES string of the molecule is COc1ccc2c(c1)[C@]1(C)CCCCCC(C2C)[C@@H]1N. The summed E-state index contributed by atoms with van der Waals surface area (Å²) in [5.74, 6) is 2.16. The van der Waals surface area contributed by atoms with Gasteiger partial charge >= 0.3 is 0 Å². The van der Waals surface area contributed by atoms with Gasteiger partial charge in [-0.15, -0.1) is 0 Å². The molecule has 0 amide bonds. The van der Waals surface area contributed by atoms with Gasteiger partial charge in [0.2, 0.25) is 0 Å². The van der Waals surface area contributed by atoms with Gasteiger partial charge in [0.1, 0.15) is 5.75 Å². The second-order valence-corrected chi connectivity index (χ2v) is 6.95. The normalized spacial score (nSPS) is 36.7. The van der Waals surface area contributed by atoms with E-state index in [1.165, 1.54) is 43.2 Å². The van der Waals surface area contributed by atoms with Crippen LogP contribution in [0.25, 0.3) is 0 Å². The molecule has 2 N–H and O–H groups in total. The summed E-state index contributed by atoms with van der Waals surface area (Å²) in [6.45, 7) is 4.73. The molecular formula is C18H27NO. The fourth-order valence-electron chi connectivity index (χ4n) is 4.53. The Bertz CT molecular complexity index is 498. The molecule has 1 saturated carbocycles. The van der Waals surface area contributed by atoms with Gasteiger partial charge in [0.25, 0.3) is 0 Å². The molecule has 1 aromatic carbocycles. The fraction of sp³-hybridized carbons (Fsp3) is 0.667. The summed E-state index contributed by atoms with van der Waals surface area (Å²) in [6.07, 6.45) is 6.47. The van der Waals surface area contributed by atoms with Crippen LogP contribution in [-0.4, -0.2) is 13.2 Å². The summed E-state index contributed by atoms with van der Waals surface area (Å²) < 4.78 is 5.45. The third-order valence-corrected chi connectivity index (χ3v) is 5.94. The topological polar surface area (TPSA) is 35.2 Å². The number of rotatable bonds is 1. The molecule has 0 aliphatic heterocycles. The number of benzene rings is 1. The lowest BCUT2D eigenvalue weighted by molar-refractivity contribution is 0.178. The second-order valence-electron chi connectivity index (χ2n) is 6.95. The van der Waals surface area contributed by atoms with Gasteiger partial charge in [-0.2, -0.15) is 0 Å². The molecule has 1 aromatic rings. The van der Waals surface area contributed by atoms with Crippen LogP contribution in [0.1, 0.15) is 63.0 Å². The Morgan fingerprint density at radius 1 is 1.25 bits per heavy atom. The third-order valence-electron chi connectivity index (χ3n) is 5.94. The van der Waals surface area contributed by atoms with E-state index in [-0.39, 0.29) is 11.5 Å². The minimum absolute atomic E-state index is 0.113. The number of methoxy groups -OCH3 is 1. The van der Waals surface area contributed by atoms with E-state index in [2.05, 4.69) is 32.0 Å². The average molecular weight is 273 g/mol. The highest BCUT2D eigenvalue weighted by Crippen LogP contribution is 2.51. The maximum atomic E-state index is 6.74. The van der Waals surface area contributed by atoms with Crippen molar-refractivity contribution >= 4 is 0 Å². The number of ether oxygens (including phenoxy) is 1. The van der Waals surface area contributed by atoms with Crippen LogP contribution in [0.15, 0.2) is 18.2 Å². The lowest BCUT2D eigenvalue weighted by Crippen LogP contribution is -2.53. The molecule has 2 heteroatoms. The number of fused-ring (bicyclic) bond motifs is 4.